The third kappa shape index (κ3) is 6.91. The molecule has 1 aliphatic carbocycles. The van der Waals surface area contributed by atoms with Crippen LogP contribution in [0.25, 0.3) is 0 Å². The van der Waals surface area contributed by atoms with Crippen molar-refractivity contribution >= 4 is 0 Å². The summed E-state index contributed by atoms with van der Waals surface area (Å²) in [6.07, 6.45) is 8.32. The zero-order valence-corrected chi connectivity index (χ0v) is 16.7. The van der Waals surface area contributed by atoms with E-state index in [9.17, 15) is 0 Å². The molecule has 0 aromatic heterocycles. The van der Waals surface area contributed by atoms with Crippen LogP contribution in [0.3, 0.4) is 0 Å². The molecule has 0 bridgehead atoms. The van der Waals surface area contributed by atoms with Gasteiger partial charge in [-0.2, -0.15) is 0 Å². The van der Waals surface area contributed by atoms with E-state index in [4.69, 9.17) is 34.4 Å². The Hall–Kier alpha value is -0.500. The van der Waals surface area contributed by atoms with Gasteiger partial charge in [-0.25, -0.2) is 0 Å². The van der Waals surface area contributed by atoms with Crippen LogP contribution in [0.5, 0.6) is 0 Å². The lowest BCUT2D eigenvalue weighted by Crippen LogP contribution is -2.32. The Balaban J connectivity index is 3.36. The van der Waals surface area contributed by atoms with Crippen LogP contribution in [0.4, 0.5) is 0 Å². The van der Waals surface area contributed by atoms with Crippen LogP contribution in [-0.2, 0) is 0 Å². The van der Waals surface area contributed by atoms with Crippen molar-refractivity contribution in [3.63, 3.8) is 0 Å². The summed E-state index contributed by atoms with van der Waals surface area (Å²) >= 11 is 0. The fraction of sp³-hybridized carbons (Fsp3) is 0.900. The molecule has 4 unspecified atom stereocenters. The van der Waals surface area contributed by atoms with E-state index in [1.54, 1.807) is 0 Å². The molecule has 6 nitrogen and oxygen atoms in total. The first-order valence-corrected chi connectivity index (χ1v) is 10.6. The summed E-state index contributed by atoms with van der Waals surface area (Å²) in [5.41, 5.74) is 38.9. The van der Waals surface area contributed by atoms with Gasteiger partial charge in [0.15, 0.2) is 0 Å². The maximum atomic E-state index is 6.00. The van der Waals surface area contributed by atoms with Crippen LogP contribution >= 0.6 is 0 Å². The van der Waals surface area contributed by atoms with E-state index < -0.39 is 0 Å². The summed E-state index contributed by atoms with van der Waals surface area (Å²) in [7, 11) is 0. The quantitative estimate of drug-likeness (QED) is 0.277. The standard InChI is InChI=1S/C20H44N6/c21-7-1-15-13-17(3-9-23)19(5-11-25)20(6-12-26)18(4-10-24)14-16(15)2-8-22/h15-18H,1-14,21-26H2. The van der Waals surface area contributed by atoms with Crippen LogP contribution in [-0.4, -0.2) is 39.3 Å². The lowest BCUT2D eigenvalue weighted by molar-refractivity contribution is 0.202. The van der Waals surface area contributed by atoms with Gasteiger partial charge < -0.3 is 34.4 Å². The highest BCUT2D eigenvalue weighted by atomic mass is 14.6. The van der Waals surface area contributed by atoms with E-state index in [-0.39, 0.29) is 0 Å². The molecular weight excluding hydrogens is 324 g/mol. The first kappa shape index (κ1) is 23.5. The first-order valence-electron chi connectivity index (χ1n) is 10.6. The SMILES string of the molecule is NCCC1=C(CCN)C(CCN)CC(CCN)C(CCN)CC1CCN. The highest BCUT2D eigenvalue weighted by molar-refractivity contribution is 5.22. The largest absolute Gasteiger partial charge is 0.330 e. The summed E-state index contributed by atoms with van der Waals surface area (Å²) in [6, 6.07) is 0. The van der Waals surface area contributed by atoms with Gasteiger partial charge >= 0.3 is 0 Å². The minimum atomic E-state index is 0.488. The third-order valence-electron chi connectivity index (χ3n) is 6.17. The van der Waals surface area contributed by atoms with Crippen LogP contribution in [0.1, 0.15) is 51.4 Å². The minimum absolute atomic E-state index is 0.488. The van der Waals surface area contributed by atoms with Gasteiger partial charge in [-0.3, -0.25) is 0 Å². The molecule has 0 spiro atoms. The molecule has 1 rings (SSSR count). The number of rotatable bonds is 12. The molecule has 26 heavy (non-hydrogen) atoms. The maximum Gasteiger partial charge on any atom is -0.00397 e. The van der Waals surface area contributed by atoms with Crippen molar-refractivity contribution in [3.05, 3.63) is 11.1 Å². The highest BCUT2D eigenvalue weighted by Gasteiger charge is 2.33. The summed E-state index contributed by atoms with van der Waals surface area (Å²) in [4.78, 5) is 0. The monoisotopic (exact) mass is 368 g/mol. The van der Waals surface area contributed by atoms with Gasteiger partial charge in [0.05, 0.1) is 0 Å². The summed E-state index contributed by atoms with van der Waals surface area (Å²) in [5.74, 6) is 2.19. The molecule has 12 N–H and O–H groups in total. The van der Waals surface area contributed by atoms with Crippen LogP contribution in [0.15, 0.2) is 11.1 Å². The molecule has 0 fully saturated rings. The average Bonchev–Trinajstić information content (AvgIpc) is 2.62. The van der Waals surface area contributed by atoms with E-state index in [0.717, 1.165) is 64.5 Å². The van der Waals surface area contributed by atoms with E-state index in [2.05, 4.69) is 0 Å². The Labute approximate surface area is 160 Å². The van der Waals surface area contributed by atoms with Gasteiger partial charge in [0, 0.05) is 0 Å². The van der Waals surface area contributed by atoms with Gasteiger partial charge in [0.25, 0.3) is 0 Å². The Kier molecular flexibility index (Phi) is 12.3. The molecular formula is C20H44N6. The molecule has 0 aromatic carbocycles. The average molecular weight is 369 g/mol. The summed E-state index contributed by atoms with van der Waals surface area (Å²) in [6.45, 7) is 4.21. The molecule has 1 aliphatic rings. The van der Waals surface area contributed by atoms with Crippen molar-refractivity contribution in [2.45, 2.75) is 51.4 Å². The van der Waals surface area contributed by atoms with Crippen molar-refractivity contribution in [3.8, 4) is 0 Å². The van der Waals surface area contributed by atoms with Crippen molar-refractivity contribution in [1.29, 1.82) is 0 Å². The predicted octanol–water partition coefficient (Wildman–Crippen LogP) is 0.634. The van der Waals surface area contributed by atoms with Crippen molar-refractivity contribution in [1.82, 2.24) is 0 Å². The van der Waals surface area contributed by atoms with E-state index >= 15 is 0 Å². The minimum Gasteiger partial charge on any atom is -0.330 e. The van der Waals surface area contributed by atoms with Gasteiger partial charge in [-0.05, 0) is 114 Å². The lowest BCUT2D eigenvalue weighted by atomic mass is 9.67. The molecule has 0 aromatic rings. The first-order chi connectivity index (χ1) is 12.7. The van der Waals surface area contributed by atoms with E-state index in [0.29, 0.717) is 49.9 Å². The Morgan fingerprint density at radius 3 is 1.12 bits per heavy atom. The number of nitrogens with two attached hydrogens (primary N) is 6. The Morgan fingerprint density at radius 2 is 0.846 bits per heavy atom. The molecule has 154 valence electrons. The highest BCUT2D eigenvalue weighted by Crippen LogP contribution is 2.43. The summed E-state index contributed by atoms with van der Waals surface area (Å²) < 4.78 is 0. The molecule has 0 radical (unpaired) electrons. The fourth-order valence-corrected chi connectivity index (χ4v) is 5.09. The van der Waals surface area contributed by atoms with Gasteiger partial charge in [0.2, 0.25) is 0 Å². The predicted molar refractivity (Wildman–Crippen MR) is 112 cm³/mol. The second-order valence-electron chi connectivity index (χ2n) is 7.82. The van der Waals surface area contributed by atoms with Crippen LogP contribution in [0, 0.1) is 23.7 Å². The van der Waals surface area contributed by atoms with Crippen molar-refractivity contribution in [2.24, 2.45) is 58.1 Å². The van der Waals surface area contributed by atoms with Crippen LogP contribution < -0.4 is 34.4 Å². The molecule has 0 saturated carbocycles. The lowest BCUT2D eigenvalue weighted by Gasteiger charge is -2.39. The Bertz CT molecular complexity index is 362. The fourth-order valence-electron chi connectivity index (χ4n) is 5.09. The Morgan fingerprint density at radius 1 is 0.500 bits per heavy atom. The van der Waals surface area contributed by atoms with Crippen molar-refractivity contribution < 1.29 is 0 Å². The molecule has 0 saturated heterocycles. The zero-order valence-electron chi connectivity index (χ0n) is 16.7. The zero-order chi connectivity index (χ0) is 19.4. The second-order valence-corrected chi connectivity index (χ2v) is 7.82. The van der Waals surface area contributed by atoms with Gasteiger partial charge in [-0.1, -0.05) is 11.1 Å². The second kappa shape index (κ2) is 13.6. The molecule has 0 aliphatic heterocycles. The summed E-state index contributed by atoms with van der Waals surface area (Å²) in [5, 5.41) is 0. The molecule has 4 atom stereocenters. The normalized spacial score (nSPS) is 27.5. The van der Waals surface area contributed by atoms with Crippen LogP contribution in [0.2, 0.25) is 0 Å². The molecule has 6 heteroatoms. The topological polar surface area (TPSA) is 156 Å². The third-order valence-corrected chi connectivity index (χ3v) is 6.17. The van der Waals surface area contributed by atoms with Crippen molar-refractivity contribution in [2.75, 3.05) is 39.3 Å². The van der Waals surface area contributed by atoms with Gasteiger partial charge in [-0.15, -0.1) is 0 Å². The number of hydrogen-bond acceptors (Lipinski definition) is 6. The maximum absolute atomic E-state index is 6.00. The molecule has 0 heterocycles. The van der Waals surface area contributed by atoms with E-state index in [1.165, 1.54) is 11.1 Å². The number of hydrogen-bond donors (Lipinski definition) is 6. The smallest absolute Gasteiger partial charge is 0.00397 e. The van der Waals surface area contributed by atoms with E-state index in [1.807, 2.05) is 0 Å². The molecule has 0 amide bonds. The van der Waals surface area contributed by atoms with Gasteiger partial charge in [0.1, 0.15) is 0 Å².